The Balaban J connectivity index is 1.43. The van der Waals surface area contributed by atoms with Crippen molar-refractivity contribution in [2.24, 2.45) is 0 Å². The second-order valence-electron chi connectivity index (χ2n) is 5.42. The number of alkyl halides is 2. The van der Waals surface area contributed by atoms with Crippen LogP contribution in [-0.2, 0) is 17.6 Å². The predicted molar refractivity (Wildman–Crippen MR) is 93.3 cm³/mol. The molecule has 0 saturated carbocycles. The zero-order valence-corrected chi connectivity index (χ0v) is 14.5. The van der Waals surface area contributed by atoms with Crippen molar-refractivity contribution in [3.8, 4) is 16.5 Å². The van der Waals surface area contributed by atoms with Crippen LogP contribution in [0.5, 0.6) is 5.75 Å². The van der Waals surface area contributed by atoms with E-state index in [-0.39, 0.29) is 18.1 Å². The number of carbonyl (C=O) groups is 1. The molecule has 0 radical (unpaired) electrons. The van der Waals surface area contributed by atoms with Crippen molar-refractivity contribution in [3.05, 3.63) is 59.3 Å². The largest absolute Gasteiger partial charge is 0.462 e. The molecule has 0 saturated heterocycles. The number of rotatable bonds is 8. The lowest BCUT2D eigenvalue weighted by Crippen LogP contribution is -2.27. The van der Waals surface area contributed by atoms with Gasteiger partial charge in [-0.25, -0.2) is 4.98 Å². The molecule has 26 heavy (non-hydrogen) atoms. The van der Waals surface area contributed by atoms with Crippen molar-refractivity contribution in [2.75, 3.05) is 6.54 Å². The van der Waals surface area contributed by atoms with Crippen LogP contribution in [0, 0.1) is 0 Å². The number of furan rings is 1. The summed E-state index contributed by atoms with van der Waals surface area (Å²) in [5.74, 6) is 0.670. The summed E-state index contributed by atoms with van der Waals surface area (Å²) in [5, 5.41) is 5.39. The van der Waals surface area contributed by atoms with Crippen LogP contribution in [0.1, 0.15) is 11.3 Å². The van der Waals surface area contributed by atoms with Crippen molar-refractivity contribution in [2.45, 2.75) is 19.5 Å². The minimum atomic E-state index is -2.83. The first-order valence-corrected chi connectivity index (χ1v) is 8.77. The molecule has 3 aromatic rings. The zero-order valence-electron chi connectivity index (χ0n) is 13.7. The maximum absolute atomic E-state index is 12.1. The Labute approximate surface area is 152 Å². The van der Waals surface area contributed by atoms with E-state index in [2.05, 4.69) is 15.0 Å². The number of hydrogen-bond acceptors (Lipinski definition) is 5. The normalized spacial score (nSPS) is 10.9. The third-order valence-corrected chi connectivity index (χ3v) is 4.42. The molecule has 0 aliphatic carbocycles. The van der Waals surface area contributed by atoms with Gasteiger partial charge in [-0.15, -0.1) is 11.3 Å². The average molecular weight is 378 g/mol. The fourth-order valence-corrected chi connectivity index (χ4v) is 3.10. The first-order chi connectivity index (χ1) is 12.6. The van der Waals surface area contributed by atoms with Crippen LogP contribution in [0.25, 0.3) is 10.8 Å². The van der Waals surface area contributed by atoms with Gasteiger partial charge in [0.15, 0.2) is 10.8 Å². The van der Waals surface area contributed by atoms with Crippen LogP contribution in [0.2, 0.25) is 0 Å². The molecule has 0 fully saturated rings. The molecule has 1 amide bonds. The van der Waals surface area contributed by atoms with Crippen molar-refractivity contribution in [3.63, 3.8) is 0 Å². The fourth-order valence-electron chi connectivity index (χ4n) is 2.31. The van der Waals surface area contributed by atoms with Gasteiger partial charge in [0, 0.05) is 11.9 Å². The number of benzene rings is 1. The van der Waals surface area contributed by atoms with Gasteiger partial charge in [0.05, 0.1) is 18.4 Å². The first-order valence-electron chi connectivity index (χ1n) is 7.89. The van der Waals surface area contributed by atoms with E-state index < -0.39 is 6.61 Å². The highest BCUT2D eigenvalue weighted by Crippen LogP contribution is 2.24. The van der Waals surface area contributed by atoms with E-state index >= 15 is 0 Å². The van der Waals surface area contributed by atoms with E-state index in [4.69, 9.17) is 4.42 Å². The fraction of sp³-hybridized carbons (Fsp3) is 0.222. The molecule has 0 aliphatic rings. The number of nitrogens with zero attached hydrogens (tertiary/aromatic N) is 1. The Morgan fingerprint density at radius 2 is 2.08 bits per heavy atom. The Morgan fingerprint density at radius 3 is 2.77 bits per heavy atom. The molecule has 0 unspecified atom stereocenters. The number of aromatic nitrogens is 1. The van der Waals surface area contributed by atoms with Crippen LogP contribution in [-0.4, -0.2) is 24.0 Å². The van der Waals surface area contributed by atoms with Gasteiger partial charge in [0.25, 0.3) is 0 Å². The SMILES string of the molecule is O=C(Cc1csc(-c2ccco2)n1)NCCc1ccc(OC(F)F)cc1. The van der Waals surface area contributed by atoms with Crippen molar-refractivity contribution < 1.29 is 22.7 Å². The summed E-state index contributed by atoms with van der Waals surface area (Å²) in [4.78, 5) is 16.4. The summed E-state index contributed by atoms with van der Waals surface area (Å²) in [6, 6.07) is 9.96. The molecular weight excluding hydrogens is 362 g/mol. The molecule has 0 atom stereocenters. The summed E-state index contributed by atoms with van der Waals surface area (Å²) in [7, 11) is 0. The molecule has 0 bridgehead atoms. The molecule has 0 aliphatic heterocycles. The molecule has 2 aromatic heterocycles. The van der Waals surface area contributed by atoms with Crippen molar-refractivity contribution in [1.82, 2.24) is 10.3 Å². The quantitative estimate of drug-likeness (QED) is 0.646. The smallest absolute Gasteiger partial charge is 0.387 e. The lowest BCUT2D eigenvalue weighted by atomic mass is 10.1. The molecule has 2 heterocycles. The molecule has 3 rings (SSSR count). The summed E-state index contributed by atoms with van der Waals surface area (Å²) >= 11 is 1.43. The highest BCUT2D eigenvalue weighted by molar-refractivity contribution is 7.13. The van der Waals surface area contributed by atoms with Gasteiger partial charge in [-0.05, 0) is 36.2 Å². The van der Waals surface area contributed by atoms with Gasteiger partial charge < -0.3 is 14.5 Å². The molecule has 1 N–H and O–H groups in total. The number of ether oxygens (including phenoxy) is 1. The van der Waals surface area contributed by atoms with E-state index in [1.54, 1.807) is 24.5 Å². The minimum absolute atomic E-state index is 0.115. The summed E-state index contributed by atoms with van der Waals surface area (Å²) in [5.41, 5.74) is 1.60. The number of carbonyl (C=O) groups excluding carboxylic acids is 1. The minimum Gasteiger partial charge on any atom is -0.462 e. The van der Waals surface area contributed by atoms with Crippen LogP contribution in [0.3, 0.4) is 0 Å². The number of halogens is 2. The molecule has 5 nitrogen and oxygen atoms in total. The lowest BCUT2D eigenvalue weighted by molar-refractivity contribution is -0.120. The monoisotopic (exact) mass is 378 g/mol. The molecular formula is C18H16F2N2O3S. The van der Waals surface area contributed by atoms with Crippen LogP contribution in [0.15, 0.2) is 52.5 Å². The van der Waals surface area contributed by atoms with E-state index in [0.717, 1.165) is 10.6 Å². The molecule has 136 valence electrons. The number of thiazole rings is 1. The highest BCUT2D eigenvalue weighted by Gasteiger charge is 2.10. The third-order valence-electron chi connectivity index (χ3n) is 3.51. The first kappa shape index (κ1) is 18.1. The number of nitrogens with one attached hydrogen (secondary N) is 1. The van der Waals surface area contributed by atoms with E-state index in [0.29, 0.717) is 24.4 Å². The second kappa shape index (κ2) is 8.57. The maximum Gasteiger partial charge on any atom is 0.387 e. The van der Waals surface area contributed by atoms with E-state index in [9.17, 15) is 13.6 Å². The van der Waals surface area contributed by atoms with Gasteiger partial charge in [-0.3, -0.25) is 4.79 Å². The molecule has 0 spiro atoms. The average Bonchev–Trinajstić information content (AvgIpc) is 3.27. The standard InChI is InChI=1S/C18H16F2N2O3S/c19-18(20)25-14-5-3-12(4-6-14)7-8-21-16(23)10-13-11-26-17(22-13)15-2-1-9-24-15/h1-6,9,11,18H,7-8,10H2,(H,21,23). The molecule has 1 aromatic carbocycles. The number of hydrogen-bond donors (Lipinski definition) is 1. The second-order valence-corrected chi connectivity index (χ2v) is 6.28. The Hall–Kier alpha value is -2.74. The molecule has 8 heteroatoms. The van der Waals surface area contributed by atoms with Gasteiger partial charge in [-0.2, -0.15) is 8.78 Å². The van der Waals surface area contributed by atoms with Gasteiger partial charge in [0.1, 0.15) is 5.75 Å². The topological polar surface area (TPSA) is 64.4 Å². The van der Waals surface area contributed by atoms with Gasteiger partial charge in [0.2, 0.25) is 5.91 Å². The maximum atomic E-state index is 12.1. The third kappa shape index (κ3) is 5.13. The summed E-state index contributed by atoms with van der Waals surface area (Å²) < 4.78 is 33.8. The summed E-state index contributed by atoms with van der Waals surface area (Å²) in [6.07, 6.45) is 2.36. The Kier molecular flexibility index (Phi) is 5.96. The Bertz CT molecular complexity index is 833. The highest BCUT2D eigenvalue weighted by atomic mass is 32.1. The van der Waals surface area contributed by atoms with Crippen LogP contribution >= 0.6 is 11.3 Å². The Morgan fingerprint density at radius 1 is 1.27 bits per heavy atom. The van der Waals surface area contributed by atoms with Gasteiger partial charge in [-0.1, -0.05) is 12.1 Å². The van der Waals surface area contributed by atoms with Crippen LogP contribution in [0.4, 0.5) is 8.78 Å². The van der Waals surface area contributed by atoms with Gasteiger partial charge >= 0.3 is 6.61 Å². The predicted octanol–water partition coefficient (Wildman–Crippen LogP) is 3.91. The summed E-state index contributed by atoms with van der Waals surface area (Å²) in [6.45, 7) is -2.39. The van der Waals surface area contributed by atoms with E-state index in [1.807, 2.05) is 11.4 Å². The van der Waals surface area contributed by atoms with Crippen molar-refractivity contribution >= 4 is 17.2 Å². The lowest BCUT2D eigenvalue weighted by Gasteiger charge is -2.07. The van der Waals surface area contributed by atoms with Crippen molar-refractivity contribution in [1.29, 1.82) is 0 Å². The van der Waals surface area contributed by atoms with Crippen LogP contribution < -0.4 is 10.1 Å². The number of amides is 1. The van der Waals surface area contributed by atoms with E-state index in [1.165, 1.54) is 23.5 Å². The zero-order chi connectivity index (χ0) is 18.4.